The quantitative estimate of drug-likeness (QED) is 0.310. The molecule has 138 valence electrons. The predicted octanol–water partition coefficient (Wildman–Crippen LogP) is 4.45. The molecule has 0 saturated heterocycles. The number of halogens is 1. The van der Waals surface area contributed by atoms with E-state index in [0.29, 0.717) is 6.54 Å². The van der Waals surface area contributed by atoms with Gasteiger partial charge in [0.2, 0.25) is 0 Å². The summed E-state index contributed by atoms with van der Waals surface area (Å²) in [6.07, 6.45) is 1.08. The topological polar surface area (TPSA) is 62.5 Å². The average Bonchev–Trinajstić information content (AvgIpc) is 3.32. The number of aryl methyl sites for hydroxylation is 1. The van der Waals surface area contributed by atoms with E-state index in [4.69, 9.17) is 4.52 Å². The summed E-state index contributed by atoms with van der Waals surface area (Å²) in [6.45, 7) is 3.49. The first kappa shape index (κ1) is 20.4. The molecule has 2 N–H and O–H groups in total. The van der Waals surface area contributed by atoms with E-state index in [1.165, 1.54) is 9.75 Å². The summed E-state index contributed by atoms with van der Waals surface area (Å²) >= 11 is 1.83. The number of aliphatic imine (C=N–C) groups is 1. The Morgan fingerprint density at radius 3 is 2.50 bits per heavy atom. The molecular formula is C19H23IN4OS. The number of thiophene rings is 1. The highest BCUT2D eigenvalue weighted by molar-refractivity contribution is 14.0. The van der Waals surface area contributed by atoms with E-state index in [2.05, 4.69) is 39.8 Å². The second-order valence-electron chi connectivity index (χ2n) is 5.55. The minimum atomic E-state index is 0. The molecule has 0 amide bonds. The first-order valence-electron chi connectivity index (χ1n) is 8.31. The lowest BCUT2D eigenvalue weighted by Crippen LogP contribution is -2.36. The van der Waals surface area contributed by atoms with Crippen LogP contribution in [0.4, 0.5) is 0 Å². The maximum absolute atomic E-state index is 5.41. The molecule has 0 saturated carbocycles. The number of nitrogens with one attached hydrogen (secondary N) is 2. The highest BCUT2D eigenvalue weighted by Gasteiger charge is 2.07. The third-order valence-corrected chi connectivity index (χ3v) is 5.00. The molecule has 0 radical (unpaired) electrons. The third kappa shape index (κ3) is 5.57. The van der Waals surface area contributed by atoms with Crippen LogP contribution in [0.3, 0.4) is 0 Å². The highest BCUT2D eigenvalue weighted by atomic mass is 127. The molecule has 0 unspecified atom stereocenters. The van der Waals surface area contributed by atoms with Crippen LogP contribution in [0.5, 0.6) is 0 Å². The highest BCUT2D eigenvalue weighted by Crippen LogP contribution is 2.19. The fraction of sp³-hybridized carbons (Fsp3) is 0.263. The Hall–Kier alpha value is -1.87. The van der Waals surface area contributed by atoms with Crippen molar-refractivity contribution in [3.8, 4) is 11.3 Å². The molecule has 0 fully saturated rings. The summed E-state index contributed by atoms with van der Waals surface area (Å²) in [5.41, 5.74) is 1.86. The summed E-state index contributed by atoms with van der Waals surface area (Å²) in [7, 11) is 1.76. The lowest BCUT2D eigenvalue weighted by Gasteiger charge is -2.09. The van der Waals surface area contributed by atoms with E-state index in [1.807, 2.05) is 47.7 Å². The van der Waals surface area contributed by atoms with E-state index < -0.39 is 0 Å². The normalized spacial score (nSPS) is 11.1. The van der Waals surface area contributed by atoms with Crippen molar-refractivity contribution in [2.24, 2.45) is 4.99 Å². The van der Waals surface area contributed by atoms with Crippen molar-refractivity contribution in [2.75, 3.05) is 7.05 Å². The molecule has 1 aromatic carbocycles. The van der Waals surface area contributed by atoms with E-state index in [1.54, 1.807) is 7.05 Å². The van der Waals surface area contributed by atoms with E-state index in [-0.39, 0.29) is 24.0 Å². The van der Waals surface area contributed by atoms with Crippen LogP contribution >= 0.6 is 35.3 Å². The van der Waals surface area contributed by atoms with Gasteiger partial charge in [-0.05, 0) is 18.6 Å². The van der Waals surface area contributed by atoms with Gasteiger partial charge in [0.15, 0.2) is 11.7 Å². The lowest BCUT2D eigenvalue weighted by molar-refractivity contribution is 0.422. The fourth-order valence-corrected chi connectivity index (χ4v) is 3.30. The molecule has 5 nitrogen and oxygen atoms in total. The Bertz CT molecular complexity index is 829. The van der Waals surface area contributed by atoms with Crippen molar-refractivity contribution >= 4 is 41.3 Å². The maximum Gasteiger partial charge on any atom is 0.191 e. The largest absolute Gasteiger partial charge is 0.356 e. The van der Waals surface area contributed by atoms with Gasteiger partial charge in [0.05, 0.1) is 13.1 Å². The first-order chi connectivity index (χ1) is 12.3. The molecule has 26 heavy (non-hydrogen) atoms. The van der Waals surface area contributed by atoms with Gasteiger partial charge in [-0.15, -0.1) is 35.3 Å². The molecule has 2 aromatic heterocycles. The van der Waals surface area contributed by atoms with Gasteiger partial charge in [0.25, 0.3) is 0 Å². The zero-order chi connectivity index (χ0) is 17.5. The molecule has 0 atom stereocenters. The first-order valence-corrected chi connectivity index (χ1v) is 9.13. The molecule has 3 rings (SSSR count). The van der Waals surface area contributed by atoms with Crippen LogP contribution < -0.4 is 10.6 Å². The standard InChI is InChI=1S/C19H22N4OS.HI/c1-3-16-9-10-17(25-16)13-22-19(20-2)21-12-15-11-18(24-23-15)14-7-5-4-6-8-14;/h4-11H,3,12-13H2,1-2H3,(H2,20,21,22);1H. The van der Waals surface area contributed by atoms with Crippen molar-refractivity contribution in [3.05, 3.63) is 64.0 Å². The molecule has 0 spiro atoms. The van der Waals surface area contributed by atoms with Gasteiger partial charge in [0.1, 0.15) is 5.69 Å². The fourth-order valence-electron chi connectivity index (χ4n) is 2.41. The molecule has 0 bridgehead atoms. The molecular weight excluding hydrogens is 459 g/mol. The van der Waals surface area contributed by atoms with Crippen LogP contribution in [0, 0.1) is 0 Å². The van der Waals surface area contributed by atoms with E-state index in [9.17, 15) is 0 Å². The van der Waals surface area contributed by atoms with Gasteiger partial charge in [0, 0.05) is 28.4 Å². The monoisotopic (exact) mass is 482 g/mol. The van der Waals surface area contributed by atoms with Crippen LogP contribution in [0.1, 0.15) is 22.4 Å². The molecule has 7 heteroatoms. The second kappa shape index (κ2) is 10.3. The SMILES string of the molecule is CCc1ccc(CNC(=NC)NCc2cc(-c3ccccc3)on2)s1.I. The Morgan fingerprint density at radius 1 is 1.08 bits per heavy atom. The van der Waals surface area contributed by atoms with Gasteiger partial charge >= 0.3 is 0 Å². The van der Waals surface area contributed by atoms with Crippen molar-refractivity contribution in [3.63, 3.8) is 0 Å². The second-order valence-corrected chi connectivity index (χ2v) is 6.80. The van der Waals surface area contributed by atoms with Crippen LogP contribution in [0.15, 0.2) is 58.0 Å². The van der Waals surface area contributed by atoms with Gasteiger partial charge in [-0.25, -0.2) is 0 Å². The average molecular weight is 482 g/mol. The van der Waals surface area contributed by atoms with Crippen LogP contribution in [0.2, 0.25) is 0 Å². The van der Waals surface area contributed by atoms with Gasteiger partial charge in [-0.1, -0.05) is 42.4 Å². The summed E-state index contributed by atoms with van der Waals surface area (Å²) in [4.78, 5) is 6.95. The van der Waals surface area contributed by atoms with E-state index in [0.717, 1.165) is 35.9 Å². The smallest absolute Gasteiger partial charge is 0.191 e. The number of hydrogen-bond donors (Lipinski definition) is 2. The number of guanidine groups is 1. The molecule has 3 aromatic rings. The van der Waals surface area contributed by atoms with Crippen molar-refractivity contribution in [1.82, 2.24) is 15.8 Å². The third-order valence-electron chi connectivity index (χ3n) is 3.77. The minimum absolute atomic E-state index is 0. The molecule has 2 heterocycles. The van der Waals surface area contributed by atoms with Crippen molar-refractivity contribution in [1.29, 1.82) is 0 Å². The maximum atomic E-state index is 5.41. The Balaban J connectivity index is 0.00000243. The van der Waals surface area contributed by atoms with Gasteiger partial charge < -0.3 is 15.2 Å². The summed E-state index contributed by atoms with van der Waals surface area (Å²) in [5, 5.41) is 10.7. The summed E-state index contributed by atoms with van der Waals surface area (Å²) < 4.78 is 5.41. The Labute approximate surface area is 174 Å². The molecule has 0 aliphatic carbocycles. The lowest BCUT2D eigenvalue weighted by atomic mass is 10.2. The number of benzene rings is 1. The van der Waals surface area contributed by atoms with Crippen LogP contribution in [0.25, 0.3) is 11.3 Å². The Morgan fingerprint density at radius 2 is 1.81 bits per heavy atom. The summed E-state index contributed by atoms with van der Waals surface area (Å²) in [6, 6.07) is 16.2. The zero-order valence-corrected chi connectivity index (χ0v) is 18.0. The minimum Gasteiger partial charge on any atom is -0.356 e. The van der Waals surface area contributed by atoms with Crippen molar-refractivity contribution < 1.29 is 4.52 Å². The van der Waals surface area contributed by atoms with Gasteiger partial charge in [-0.3, -0.25) is 4.99 Å². The number of hydrogen-bond acceptors (Lipinski definition) is 4. The van der Waals surface area contributed by atoms with Gasteiger partial charge in [-0.2, -0.15) is 0 Å². The van der Waals surface area contributed by atoms with Crippen LogP contribution in [-0.4, -0.2) is 18.2 Å². The number of nitrogens with zero attached hydrogens (tertiary/aromatic N) is 2. The predicted molar refractivity (Wildman–Crippen MR) is 118 cm³/mol. The number of aromatic nitrogens is 1. The zero-order valence-electron chi connectivity index (χ0n) is 14.9. The summed E-state index contributed by atoms with van der Waals surface area (Å²) in [5.74, 6) is 1.52. The molecule has 0 aliphatic heterocycles. The Kier molecular flexibility index (Phi) is 8.11. The van der Waals surface area contributed by atoms with E-state index >= 15 is 0 Å². The van der Waals surface area contributed by atoms with Crippen LogP contribution in [-0.2, 0) is 19.5 Å². The molecule has 0 aliphatic rings. The number of rotatable bonds is 6. The van der Waals surface area contributed by atoms with Crippen molar-refractivity contribution in [2.45, 2.75) is 26.4 Å².